The summed E-state index contributed by atoms with van der Waals surface area (Å²) >= 11 is 7.65. The zero-order valence-corrected chi connectivity index (χ0v) is 24.2. The number of hydrogen-bond donors (Lipinski definition) is 0. The Balaban J connectivity index is 1.39. The van der Waals surface area contributed by atoms with E-state index in [2.05, 4.69) is 14.0 Å². The number of halogens is 4. The second-order valence-electron chi connectivity index (χ2n) is 9.81. The number of hydrogen-bond acceptors (Lipinski definition) is 9. The minimum absolute atomic E-state index is 0.000406. The average molecular weight is 612 g/mol. The van der Waals surface area contributed by atoms with Gasteiger partial charge in [0.1, 0.15) is 16.5 Å². The van der Waals surface area contributed by atoms with Crippen LogP contribution in [0.2, 0.25) is 5.02 Å². The van der Waals surface area contributed by atoms with Gasteiger partial charge in [0.05, 0.1) is 29.7 Å². The van der Waals surface area contributed by atoms with Crippen LogP contribution in [0.15, 0.2) is 36.4 Å². The lowest BCUT2D eigenvalue weighted by Crippen LogP contribution is -2.39. The first-order chi connectivity index (χ1) is 19.5. The minimum Gasteiger partial charge on any atom is -0.496 e. The molecule has 0 bridgehead atoms. The second kappa shape index (κ2) is 13.2. The van der Waals surface area contributed by atoms with Crippen LogP contribution < -0.4 is 9.47 Å². The van der Waals surface area contributed by atoms with Crippen LogP contribution in [0.4, 0.5) is 13.2 Å². The van der Waals surface area contributed by atoms with Gasteiger partial charge in [0, 0.05) is 12.1 Å². The summed E-state index contributed by atoms with van der Waals surface area (Å²) in [7, 11) is 1.59. The number of carbonyl (C=O) groups is 2. The quantitative estimate of drug-likeness (QED) is 0.208. The number of esters is 2. The summed E-state index contributed by atoms with van der Waals surface area (Å²) in [5.74, 6) is -2.57. The molecular formula is C28H29ClF3N3O5S. The number of ether oxygens (including phenoxy) is 3. The lowest BCUT2D eigenvalue weighted by atomic mass is 9.96. The number of nitrogens with zero attached hydrogens (tertiary/aromatic N) is 3. The number of para-hydroxylation sites is 1. The summed E-state index contributed by atoms with van der Waals surface area (Å²) in [5, 5.41) is 1.19. The predicted octanol–water partition coefficient (Wildman–Crippen LogP) is 6.21. The normalized spacial score (nSPS) is 14.7. The van der Waals surface area contributed by atoms with Gasteiger partial charge in [-0.3, -0.25) is 4.79 Å². The zero-order chi connectivity index (χ0) is 29.7. The molecule has 2 aromatic carbocycles. The van der Waals surface area contributed by atoms with Gasteiger partial charge >= 0.3 is 18.1 Å². The van der Waals surface area contributed by atoms with E-state index < -0.39 is 24.0 Å². The Labute approximate surface area is 244 Å². The molecule has 8 nitrogen and oxygen atoms in total. The van der Waals surface area contributed by atoms with Crippen LogP contribution in [-0.4, -0.2) is 65.2 Å². The molecule has 1 aliphatic rings. The zero-order valence-electron chi connectivity index (χ0n) is 22.7. The van der Waals surface area contributed by atoms with Crippen molar-refractivity contribution in [1.82, 2.24) is 14.3 Å². The van der Waals surface area contributed by atoms with Crippen LogP contribution in [0.3, 0.4) is 0 Å². The van der Waals surface area contributed by atoms with E-state index >= 15 is 0 Å². The van der Waals surface area contributed by atoms with Gasteiger partial charge in [0.15, 0.2) is 5.82 Å². The van der Waals surface area contributed by atoms with Crippen LogP contribution in [0.5, 0.6) is 11.5 Å². The molecule has 0 radical (unpaired) electrons. The number of carbonyl (C=O) groups excluding carboxylic acids is 2. The number of benzene rings is 2. The van der Waals surface area contributed by atoms with E-state index in [0.29, 0.717) is 66.3 Å². The summed E-state index contributed by atoms with van der Waals surface area (Å²) in [6, 6.07) is 11.2. The van der Waals surface area contributed by atoms with Gasteiger partial charge in [0.2, 0.25) is 0 Å². The molecule has 220 valence electrons. The number of piperidine rings is 1. The first kappa shape index (κ1) is 30.7. The third-order valence-electron chi connectivity index (χ3n) is 6.55. The first-order valence-corrected chi connectivity index (χ1v) is 14.1. The Morgan fingerprint density at radius 2 is 1.90 bits per heavy atom. The van der Waals surface area contributed by atoms with E-state index in [-0.39, 0.29) is 6.10 Å². The Morgan fingerprint density at radius 1 is 1.17 bits per heavy atom. The van der Waals surface area contributed by atoms with Gasteiger partial charge in [-0.15, -0.1) is 0 Å². The van der Waals surface area contributed by atoms with Crippen LogP contribution in [0, 0.1) is 5.92 Å². The third-order valence-corrected chi connectivity index (χ3v) is 7.61. The maximum absolute atomic E-state index is 12.4. The Bertz CT molecular complexity index is 1390. The summed E-state index contributed by atoms with van der Waals surface area (Å²) < 4.78 is 57.1. The van der Waals surface area contributed by atoms with E-state index in [1.165, 1.54) is 11.5 Å². The molecule has 2 heterocycles. The Kier molecular flexibility index (Phi) is 9.88. The standard InChI is InChI=1S/C28H29ClF3N3O5S/c1-16(2)39-22-8-7-19(15-21(22)29)25-33-24(34-41-25)20-6-4-5-17(23(20)38-3)9-12-35-13-10-18(11-14-35)26(36)40-27(37)28(30,31)32/h4-8,15-16,18H,9-14H2,1-3H3. The van der Waals surface area contributed by atoms with Crippen molar-refractivity contribution < 1.29 is 37.0 Å². The van der Waals surface area contributed by atoms with Gasteiger partial charge in [-0.2, -0.15) is 17.5 Å². The van der Waals surface area contributed by atoms with Gasteiger partial charge in [0.25, 0.3) is 0 Å². The van der Waals surface area contributed by atoms with Crippen molar-refractivity contribution in [3.05, 3.63) is 47.0 Å². The molecular weight excluding hydrogens is 583 g/mol. The highest BCUT2D eigenvalue weighted by Gasteiger charge is 2.43. The molecule has 1 aromatic heterocycles. The fourth-order valence-corrected chi connectivity index (χ4v) is 5.43. The van der Waals surface area contributed by atoms with Gasteiger partial charge in [-0.1, -0.05) is 23.7 Å². The average Bonchev–Trinajstić information content (AvgIpc) is 3.42. The van der Waals surface area contributed by atoms with Crippen LogP contribution >= 0.6 is 23.1 Å². The van der Waals surface area contributed by atoms with Crippen LogP contribution in [-0.2, 0) is 20.7 Å². The fraction of sp³-hybridized carbons (Fsp3) is 0.429. The van der Waals surface area contributed by atoms with Crippen molar-refractivity contribution in [2.75, 3.05) is 26.7 Å². The van der Waals surface area contributed by atoms with Crippen LogP contribution in [0.1, 0.15) is 32.3 Å². The molecule has 13 heteroatoms. The topological polar surface area (TPSA) is 90.8 Å². The second-order valence-corrected chi connectivity index (χ2v) is 11.0. The number of rotatable bonds is 9. The highest BCUT2D eigenvalue weighted by atomic mass is 35.5. The lowest BCUT2D eigenvalue weighted by molar-refractivity contribution is -0.203. The maximum Gasteiger partial charge on any atom is 0.491 e. The molecule has 0 aliphatic carbocycles. The van der Waals surface area contributed by atoms with Crippen molar-refractivity contribution in [3.8, 4) is 33.5 Å². The molecule has 1 saturated heterocycles. The van der Waals surface area contributed by atoms with E-state index in [9.17, 15) is 22.8 Å². The lowest BCUT2D eigenvalue weighted by Gasteiger charge is -2.30. The number of aromatic nitrogens is 2. The molecule has 1 aliphatic heterocycles. The first-order valence-electron chi connectivity index (χ1n) is 13.0. The third kappa shape index (κ3) is 7.75. The molecule has 0 amide bonds. The minimum atomic E-state index is -5.19. The molecule has 4 rings (SSSR count). The Morgan fingerprint density at radius 3 is 2.54 bits per heavy atom. The molecule has 0 spiro atoms. The van der Waals surface area contributed by atoms with Gasteiger partial charge < -0.3 is 19.1 Å². The summed E-state index contributed by atoms with van der Waals surface area (Å²) in [6.07, 6.45) is -3.95. The van der Waals surface area contributed by atoms with Gasteiger partial charge in [-0.25, -0.2) is 9.78 Å². The van der Waals surface area contributed by atoms with Crippen molar-refractivity contribution in [1.29, 1.82) is 0 Å². The molecule has 1 fully saturated rings. The summed E-state index contributed by atoms with van der Waals surface area (Å²) in [4.78, 5) is 29.7. The highest BCUT2D eigenvalue weighted by molar-refractivity contribution is 7.09. The number of methoxy groups -OCH3 is 1. The van der Waals surface area contributed by atoms with E-state index in [4.69, 9.17) is 26.1 Å². The largest absolute Gasteiger partial charge is 0.496 e. The van der Waals surface area contributed by atoms with E-state index in [0.717, 1.165) is 16.7 Å². The number of alkyl halides is 3. The monoisotopic (exact) mass is 611 g/mol. The van der Waals surface area contributed by atoms with E-state index in [1.807, 2.05) is 44.2 Å². The smallest absolute Gasteiger partial charge is 0.491 e. The van der Waals surface area contributed by atoms with Crippen molar-refractivity contribution in [2.24, 2.45) is 5.92 Å². The summed E-state index contributed by atoms with van der Waals surface area (Å²) in [5.41, 5.74) is 2.51. The molecule has 0 N–H and O–H groups in total. The SMILES string of the molecule is COc1c(CCN2CCC(C(=O)OC(=O)C(F)(F)F)CC2)cccc1-c1nsc(-c2ccc(OC(C)C)c(Cl)c2)n1. The molecule has 0 atom stereocenters. The number of likely N-dealkylation sites (tertiary alicyclic amines) is 1. The van der Waals surface area contributed by atoms with Crippen molar-refractivity contribution in [3.63, 3.8) is 0 Å². The van der Waals surface area contributed by atoms with E-state index in [1.54, 1.807) is 13.2 Å². The molecule has 0 unspecified atom stereocenters. The Hall–Kier alpha value is -3.22. The highest BCUT2D eigenvalue weighted by Crippen LogP contribution is 2.36. The summed E-state index contributed by atoms with van der Waals surface area (Å²) in [6.45, 7) is 5.48. The fourth-order valence-electron chi connectivity index (χ4n) is 4.54. The molecule has 41 heavy (non-hydrogen) atoms. The molecule has 0 saturated carbocycles. The van der Waals surface area contributed by atoms with Gasteiger partial charge in [-0.05, 0) is 87.6 Å². The molecule has 3 aromatic rings. The van der Waals surface area contributed by atoms with Crippen molar-refractivity contribution in [2.45, 2.75) is 45.4 Å². The maximum atomic E-state index is 12.4. The van der Waals surface area contributed by atoms with Crippen LogP contribution in [0.25, 0.3) is 22.0 Å². The predicted molar refractivity (Wildman–Crippen MR) is 148 cm³/mol. The van der Waals surface area contributed by atoms with Crippen molar-refractivity contribution >= 4 is 35.1 Å².